The van der Waals surface area contributed by atoms with Crippen LogP contribution in [-0.4, -0.2) is 6.54 Å². The Hall–Kier alpha value is -1.41. The molecular formula is C18H21NS. The van der Waals surface area contributed by atoms with E-state index >= 15 is 0 Å². The molecule has 0 radical (unpaired) electrons. The van der Waals surface area contributed by atoms with E-state index in [0.717, 1.165) is 6.54 Å². The molecule has 2 heteroatoms. The molecule has 3 rings (SSSR count). The van der Waals surface area contributed by atoms with E-state index in [0.29, 0.717) is 0 Å². The van der Waals surface area contributed by atoms with Gasteiger partial charge < -0.3 is 4.90 Å². The molecule has 20 heavy (non-hydrogen) atoms. The van der Waals surface area contributed by atoms with Crippen LogP contribution in [-0.2, 0) is 0 Å². The molecular weight excluding hydrogens is 262 g/mol. The van der Waals surface area contributed by atoms with Crippen molar-refractivity contribution in [2.24, 2.45) is 0 Å². The molecule has 1 heterocycles. The third kappa shape index (κ3) is 2.03. The Morgan fingerprint density at radius 3 is 1.65 bits per heavy atom. The first kappa shape index (κ1) is 13.6. The zero-order chi connectivity index (χ0) is 14.4. The quantitative estimate of drug-likeness (QED) is 0.675. The number of anilines is 2. The van der Waals surface area contributed by atoms with Crippen LogP contribution in [0.1, 0.15) is 29.2 Å². The third-order valence-corrected chi connectivity index (χ3v) is 4.96. The lowest BCUT2D eigenvalue weighted by Crippen LogP contribution is -2.22. The second-order valence-corrected chi connectivity index (χ2v) is 6.79. The molecule has 0 fully saturated rings. The molecule has 104 valence electrons. The Morgan fingerprint density at radius 2 is 1.25 bits per heavy atom. The van der Waals surface area contributed by atoms with Gasteiger partial charge in [0.05, 0.1) is 11.4 Å². The average Bonchev–Trinajstić information content (AvgIpc) is 2.35. The van der Waals surface area contributed by atoms with Crippen molar-refractivity contribution < 1.29 is 0 Å². The van der Waals surface area contributed by atoms with Gasteiger partial charge in [-0.25, -0.2) is 0 Å². The van der Waals surface area contributed by atoms with Crippen LogP contribution in [0.5, 0.6) is 0 Å². The topological polar surface area (TPSA) is 3.24 Å². The van der Waals surface area contributed by atoms with E-state index in [1.807, 2.05) is 11.8 Å². The predicted octanol–water partition coefficient (Wildman–Crippen LogP) is 5.54. The summed E-state index contributed by atoms with van der Waals surface area (Å²) >= 11 is 1.92. The van der Waals surface area contributed by atoms with Crippen LogP contribution >= 0.6 is 11.8 Å². The van der Waals surface area contributed by atoms with Crippen molar-refractivity contribution in [3.05, 3.63) is 46.5 Å². The third-order valence-electron chi connectivity index (χ3n) is 3.90. The molecule has 2 aromatic rings. The van der Waals surface area contributed by atoms with E-state index in [4.69, 9.17) is 0 Å². The molecule has 1 nitrogen and oxygen atoms in total. The standard InChI is InChI=1S/C18H21NS/c1-6-19-17-13(4)7-11(2)9-15(17)20-16-10-12(3)8-14(5)18(16)19/h7-10H,6H2,1-5H3. The first-order valence-electron chi connectivity index (χ1n) is 7.19. The van der Waals surface area contributed by atoms with Gasteiger partial charge in [-0.15, -0.1) is 0 Å². The number of nitrogens with zero attached hydrogens (tertiary/aromatic N) is 1. The second kappa shape index (κ2) is 4.85. The van der Waals surface area contributed by atoms with E-state index in [-0.39, 0.29) is 0 Å². The van der Waals surface area contributed by atoms with Crippen molar-refractivity contribution in [2.75, 3.05) is 11.4 Å². The Morgan fingerprint density at radius 1 is 0.800 bits per heavy atom. The Bertz CT molecular complexity index is 631. The lowest BCUT2D eigenvalue weighted by atomic mass is 10.1. The van der Waals surface area contributed by atoms with Gasteiger partial charge in [-0.2, -0.15) is 0 Å². The van der Waals surface area contributed by atoms with Crippen LogP contribution < -0.4 is 4.90 Å². The van der Waals surface area contributed by atoms with Crippen molar-refractivity contribution >= 4 is 23.1 Å². The summed E-state index contributed by atoms with van der Waals surface area (Å²) in [5.74, 6) is 0. The highest BCUT2D eigenvalue weighted by atomic mass is 32.2. The maximum atomic E-state index is 2.48. The van der Waals surface area contributed by atoms with Crippen molar-refractivity contribution in [1.82, 2.24) is 0 Å². The fraction of sp³-hybridized carbons (Fsp3) is 0.333. The van der Waals surface area contributed by atoms with Gasteiger partial charge >= 0.3 is 0 Å². The molecule has 1 aliphatic rings. The normalized spacial score (nSPS) is 13.2. The van der Waals surface area contributed by atoms with Crippen LogP contribution in [0.15, 0.2) is 34.1 Å². The summed E-state index contributed by atoms with van der Waals surface area (Å²) in [4.78, 5) is 5.26. The first-order chi connectivity index (χ1) is 9.51. The van der Waals surface area contributed by atoms with E-state index in [2.05, 4.69) is 63.8 Å². The van der Waals surface area contributed by atoms with Crippen LogP contribution in [0.3, 0.4) is 0 Å². The molecule has 2 aromatic carbocycles. The molecule has 0 aromatic heterocycles. The van der Waals surface area contributed by atoms with Gasteiger partial charge in [0, 0.05) is 16.3 Å². The smallest absolute Gasteiger partial charge is 0.0582 e. The molecule has 1 aliphatic heterocycles. The van der Waals surface area contributed by atoms with E-state index < -0.39 is 0 Å². The molecule has 0 amide bonds. The summed E-state index contributed by atoms with van der Waals surface area (Å²) in [6.45, 7) is 12.1. The Kier molecular flexibility index (Phi) is 3.29. The SMILES string of the molecule is CCN1c2c(C)cc(C)cc2Sc2cc(C)cc(C)c21. The van der Waals surface area contributed by atoms with E-state index in [1.165, 1.54) is 43.4 Å². The molecule has 0 unspecified atom stereocenters. The highest BCUT2D eigenvalue weighted by Gasteiger charge is 2.25. The Labute approximate surface area is 126 Å². The highest BCUT2D eigenvalue weighted by molar-refractivity contribution is 7.99. The van der Waals surface area contributed by atoms with Crippen molar-refractivity contribution in [3.63, 3.8) is 0 Å². The summed E-state index contributed by atoms with van der Waals surface area (Å²) in [6, 6.07) is 9.21. The van der Waals surface area contributed by atoms with Gasteiger partial charge in [0.15, 0.2) is 0 Å². The van der Waals surface area contributed by atoms with Crippen LogP contribution in [0, 0.1) is 27.7 Å². The molecule has 0 saturated carbocycles. The maximum Gasteiger partial charge on any atom is 0.0582 e. The van der Waals surface area contributed by atoms with Crippen LogP contribution in [0.25, 0.3) is 0 Å². The zero-order valence-corrected chi connectivity index (χ0v) is 13.7. The number of rotatable bonds is 1. The minimum atomic E-state index is 1.01. The van der Waals surface area contributed by atoms with E-state index in [1.54, 1.807) is 0 Å². The summed E-state index contributed by atoms with van der Waals surface area (Å²) in [5.41, 5.74) is 8.22. The number of fused-ring (bicyclic) bond motifs is 2. The molecule has 0 saturated heterocycles. The van der Waals surface area contributed by atoms with Gasteiger partial charge in [-0.1, -0.05) is 23.9 Å². The van der Waals surface area contributed by atoms with E-state index in [9.17, 15) is 0 Å². The number of aryl methyl sites for hydroxylation is 4. The second-order valence-electron chi connectivity index (χ2n) is 5.70. The lowest BCUT2D eigenvalue weighted by Gasteiger charge is -2.35. The summed E-state index contributed by atoms with van der Waals surface area (Å²) in [7, 11) is 0. The molecule has 0 aliphatic carbocycles. The van der Waals surface area contributed by atoms with Gasteiger partial charge in [-0.05, 0) is 69.0 Å². The van der Waals surface area contributed by atoms with Crippen LogP contribution in [0.4, 0.5) is 11.4 Å². The van der Waals surface area contributed by atoms with Gasteiger partial charge in [0.2, 0.25) is 0 Å². The van der Waals surface area contributed by atoms with Crippen molar-refractivity contribution in [3.8, 4) is 0 Å². The monoisotopic (exact) mass is 283 g/mol. The zero-order valence-electron chi connectivity index (χ0n) is 12.9. The Balaban J connectivity index is 2.27. The summed E-state index contributed by atoms with van der Waals surface area (Å²) in [5, 5.41) is 0. The van der Waals surface area contributed by atoms with Gasteiger partial charge in [0.1, 0.15) is 0 Å². The molecule has 0 spiro atoms. The molecule has 0 N–H and O–H groups in total. The first-order valence-corrected chi connectivity index (χ1v) is 8.00. The minimum Gasteiger partial charge on any atom is -0.339 e. The summed E-state index contributed by atoms with van der Waals surface area (Å²) < 4.78 is 0. The van der Waals surface area contributed by atoms with Gasteiger partial charge in [-0.3, -0.25) is 0 Å². The van der Waals surface area contributed by atoms with Crippen molar-refractivity contribution in [1.29, 1.82) is 0 Å². The largest absolute Gasteiger partial charge is 0.339 e. The average molecular weight is 283 g/mol. The molecule has 0 atom stereocenters. The van der Waals surface area contributed by atoms with Crippen molar-refractivity contribution in [2.45, 2.75) is 44.4 Å². The fourth-order valence-electron chi connectivity index (χ4n) is 3.24. The molecule has 0 bridgehead atoms. The highest BCUT2D eigenvalue weighted by Crippen LogP contribution is 2.51. The number of benzene rings is 2. The number of hydrogen-bond acceptors (Lipinski definition) is 2. The summed E-state index contributed by atoms with van der Waals surface area (Å²) in [6.07, 6.45) is 0. The number of hydrogen-bond donors (Lipinski definition) is 0. The van der Waals surface area contributed by atoms with Gasteiger partial charge in [0.25, 0.3) is 0 Å². The maximum absolute atomic E-state index is 2.48. The fourth-order valence-corrected chi connectivity index (χ4v) is 4.70. The van der Waals surface area contributed by atoms with Crippen LogP contribution in [0.2, 0.25) is 0 Å². The lowest BCUT2D eigenvalue weighted by molar-refractivity contribution is 0.958. The predicted molar refractivity (Wildman–Crippen MR) is 88.6 cm³/mol. The minimum absolute atomic E-state index is 1.01.